The summed E-state index contributed by atoms with van der Waals surface area (Å²) in [6, 6.07) is 12.1. The molecule has 0 spiro atoms. The summed E-state index contributed by atoms with van der Waals surface area (Å²) in [6.45, 7) is 0. The van der Waals surface area contributed by atoms with Gasteiger partial charge in [0.2, 0.25) is 12.3 Å². The fourth-order valence-electron chi connectivity index (χ4n) is 2.82. The van der Waals surface area contributed by atoms with E-state index >= 15 is 0 Å². The molecular formula is C18H14N8O. The van der Waals surface area contributed by atoms with Crippen LogP contribution < -0.4 is 10.6 Å². The van der Waals surface area contributed by atoms with Crippen LogP contribution in [0.3, 0.4) is 0 Å². The predicted molar refractivity (Wildman–Crippen MR) is 97.4 cm³/mol. The monoisotopic (exact) mass is 358 g/mol. The lowest BCUT2D eigenvalue weighted by molar-refractivity contribution is 0.568. The summed E-state index contributed by atoms with van der Waals surface area (Å²) in [7, 11) is 0. The van der Waals surface area contributed by atoms with Gasteiger partial charge in [-0.1, -0.05) is 6.07 Å². The van der Waals surface area contributed by atoms with Gasteiger partial charge in [0.15, 0.2) is 5.65 Å². The predicted octanol–water partition coefficient (Wildman–Crippen LogP) is 2.97. The molecule has 0 radical (unpaired) electrons. The van der Waals surface area contributed by atoms with E-state index in [4.69, 9.17) is 4.42 Å². The van der Waals surface area contributed by atoms with E-state index in [0.717, 1.165) is 29.9 Å². The van der Waals surface area contributed by atoms with Crippen LogP contribution in [0.15, 0.2) is 47.3 Å². The van der Waals surface area contributed by atoms with E-state index in [1.54, 1.807) is 4.52 Å². The second-order valence-corrected chi connectivity index (χ2v) is 6.30. The maximum atomic E-state index is 9.32. The van der Waals surface area contributed by atoms with Gasteiger partial charge in [-0.05, 0) is 31.0 Å². The zero-order valence-corrected chi connectivity index (χ0v) is 14.1. The van der Waals surface area contributed by atoms with Gasteiger partial charge in [-0.15, -0.1) is 10.2 Å². The fraction of sp³-hybridized carbons (Fsp3) is 0.167. The Kier molecular flexibility index (Phi) is 3.47. The van der Waals surface area contributed by atoms with Crippen molar-refractivity contribution in [3.63, 3.8) is 0 Å². The molecule has 1 aliphatic rings. The topological polar surface area (TPSA) is 117 Å². The van der Waals surface area contributed by atoms with E-state index in [9.17, 15) is 5.26 Å². The summed E-state index contributed by atoms with van der Waals surface area (Å²) >= 11 is 0. The number of benzene rings is 1. The summed E-state index contributed by atoms with van der Waals surface area (Å²) in [4.78, 5) is 4.56. The average molecular weight is 358 g/mol. The van der Waals surface area contributed by atoms with Crippen LogP contribution in [0.4, 0.5) is 17.3 Å². The van der Waals surface area contributed by atoms with Crippen LogP contribution in [0.2, 0.25) is 0 Å². The van der Waals surface area contributed by atoms with Gasteiger partial charge in [0, 0.05) is 23.4 Å². The number of nitriles is 1. The Labute approximate surface area is 153 Å². The standard InChI is InChI=1S/C18H14N8O/c19-8-12-9-21-26-16(23-13-4-5-13)7-15(24-17(12)26)22-14-3-1-2-11(6-14)18-25-20-10-27-18/h1-3,6-7,9-10,13,23H,4-5H2,(H,22,24). The Hall–Kier alpha value is -3.93. The van der Waals surface area contributed by atoms with Crippen LogP contribution in [0.1, 0.15) is 18.4 Å². The third-order valence-electron chi connectivity index (χ3n) is 4.26. The molecule has 1 aliphatic carbocycles. The number of hydrogen-bond donors (Lipinski definition) is 2. The van der Waals surface area contributed by atoms with Crippen molar-refractivity contribution >= 4 is 23.0 Å². The Balaban J connectivity index is 1.53. The lowest BCUT2D eigenvalue weighted by atomic mass is 10.2. The molecule has 0 amide bonds. The van der Waals surface area contributed by atoms with Crippen molar-refractivity contribution in [1.82, 2.24) is 24.8 Å². The Morgan fingerprint density at radius 2 is 2.19 bits per heavy atom. The molecule has 0 bridgehead atoms. The molecule has 132 valence electrons. The van der Waals surface area contributed by atoms with Crippen molar-refractivity contribution in [3.05, 3.63) is 48.5 Å². The van der Waals surface area contributed by atoms with Crippen LogP contribution >= 0.6 is 0 Å². The summed E-state index contributed by atoms with van der Waals surface area (Å²) in [5.74, 6) is 1.87. The van der Waals surface area contributed by atoms with E-state index in [2.05, 4.69) is 37.0 Å². The van der Waals surface area contributed by atoms with E-state index < -0.39 is 0 Å². The van der Waals surface area contributed by atoms with Gasteiger partial charge in [0.1, 0.15) is 23.3 Å². The Bertz CT molecular complexity index is 1150. The quantitative estimate of drug-likeness (QED) is 0.559. The summed E-state index contributed by atoms with van der Waals surface area (Å²) < 4.78 is 6.91. The van der Waals surface area contributed by atoms with Gasteiger partial charge in [0.25, 0.3) is 0 Å². The number of nitrogens with zero attached hydrogens (tertiary/aromatic N) is 6. The first-order valence-corrected chi connectivity index (χ1v) is 8.49. The van der Waals surface area contributed by atoms with Crippen molar-refractivity contribution in [2.24, 2.45) is 0 Å². The minimum Gasteiger partial charge on any atom is -0.423 e. The second-order valence-electron chi connectivity index (χ2n) is 6.30. The molecule has 9 heteroatoms. The van der Waals surface area contributed by atoms with E-state index in [1.165, 1.54) is 12.6 Å². The second kappa shape index (κ2) is 6.10. The third kappa shape index (κ3) is 2.93. The van der Waals surface area contributed by atoms with E-state index in [0.29, 0.717) is 29.0 Å². The first-order chi connectivity index (χ1) is 13.3. The molecule has 2 N–H and O–H groups in total. The lowest BCUT2D eigenvalue weighted by Gasteiger charge is -2.11. The van der Waals surface area contributed by atoms with Gasteiger partial charge < -0.3 is 15.1 Å². The molecule has 3 aromatic heterocycles. The van der Waals surface area contributed by atoms with Crippen LogP contribution in [0, 0.1) is 11.3 Å². The Morgan fingerprint density at radius 1 is 1.26 bits per heavy atom. The van der Waals surface area contributed by atoms with Gasteiger partial charge in [0.05, 0.1) is 6.20 Å². The highest BCUT2D eigenvalue weighted by Gasteiger charge is 2.23. The number of nitrogens with one attached hydrogen (secondary N) is 2. The maximum Gasteiger partial charge on any atom is 0.247 e. The van der Waals surface area contributed by atoms with Crippen molar-refractivity contribution in [2.75, 3.05) is 10.6 Å². The number of fused-ring (bicyclic) bond motifs is 1. The number of hydrogen-bond acceptors (Lipinski definition) is 8. The summed E-state index contributed by atoms with van der Waals surface area (Å²) in [6.07, 6.45) is 5.08. The molecule has 27 heavy (non-hydrogen) atoms. The Morgan fingerprint density at radius 3 is 2.96 bits per heavy atom. The normalized spacial score (nSPS) is 13.4. The summed E-state index contributed by atoms with van der Waals surface area (Å²) in [5, 5.41) is 28.0. The highest BCUT2D eigenvalue weighted by Crippen LogP contribution is 2.28. The molecule has 1 fully saturated rings. The van der Waals surface area contributed by atoms with Gasteiger partial charge in [-0.3, -0.25) is 0 Å². The highest BCUT2D eigenvalue weighted by molar-refractivity contribution is 5.69. The molecule has 4 aromatic rings. The molecule has 1 aromatic carbocycles. The zero-order chi connectivity index (χ0) is 18.2. The molecule has 0 saturated heterocycles. The van der Waals surface area contributed by atoms with Crippen LogP contribution in [0.5, 0.6) is 0 Å². The van der Waals surface area contributed by atoms with E-state index in [-0.39, 0.29) is 0 Å². The van der Waals surface area contributed by atoms with Gasteiger partial charge >= 0.3 is 0 Å². The lowest BCUT2D eigenvalue weighted by Crippen LogP contribution is -2.09. The minimum absolute atomic E-state index is 0.428. The number of anilines is 3. The molecule has 9 nitrogen and oxygen atoms in total. The van der Waals surface area contributed by atoms with Crippen molar-refractivity contribution < 1.29 is 4.42 Å². The average Bonchev–Trinajstić information content (AvgIpc) is 3.18. The smallest absolute Gasteiger partial charge is 0.247 e. The van der Waals surface area contributed by atoms with E-state index in [1.807, 2.05) is 30.3 Å². The summed E-state index contributed by atoms with van der Waals surface area (Å²) in [5.41, 5.74) is 2.56. The van der Waals surface area contributed by atoms with Gasteiger partial charge in [-0.2, -0.15) is 14.9 Å². The molecule has 1 saturated carbocycles. The number of aromatic nitrogens is 5. The van der Waals surface area contributed by atoms with Crippen LogP contribution in [0.25, 0.3) is 17.1 Å². The van der Waals surface area contributed by atoms with Crippen molar-refractivity contribution in [3.8, 4) is 17.5 Å². The molecular weight excluding hydrogens is 344 g/mol. The first-order valence-electron chi connectivity index (χ1n) is 8.49. The van der Waals surface area contributed by atoms with Crippen LogP contribution in [-0.2, 0) is 0 Å². The molecule has 3 heterocycles. The zero-order valence-electron chi connectivity index (χ0n) is 14.1. The first kappa shape index (κ1) is 15.3. The number of rotatable bonds is 5. The molecule has 0 unspecified atom stereocenters. The molecule has 5 rings (SSSR count). The largest absolute Gasteiger partial charge is 0.423 e. The van der Waals surface area contributed by atoms with Crippen molar-refractivity contribution in [2.45, 2.75) is 18.9 Å². The minimum atomic E-state index is 0.428. The van der Waals surface area contributed by atoms with Crippen molar-refractivity contribution in [1.29, 1.82) is 5.26 Å². The molecule has 0 aliphatic heterocycles. The van der Waals surface area contributed by atoms with Gasteiger partial charge in [-0.25, -0.2) is 4.98 Å². The molecule has 0 atom stereocenters. The SMILES string of the molecule is N#Cc1cnn2c(NC3CC3)cc(Nc3cccc(-c4nnco4)c3)nc12. The fourth-order valence-corrected chi connectivity index (χ4v) is 2.82. The third-order valence-corrected chi connectivity index (χ3v) is 4.26. The highest BCUT2D eigenvalue weighted by atomic mass is 16.4. The maximum absolute atomic E-state index is 9.32. The van der Waals surface area contributed by atoms with Crippen LogP contribution in [-0.4, -0.2) is 30.8 Å².